The number of nitrogens with zero attached hydrogens (tertiary/aromatic N) is 1. The maximum absolute atomic E-state index is 10.9. The van der Waals surface area contributed by atoms with Crippen molar-refractivity contribution in [3.63, 3.8) is 0 Å². The Morgan fingerprint density at radius 3 is 2.42 bits per heavy atom. The molecule has 1 aromatic carbocycles. The number of nitro groups is 1. The van der Waals surface area contributed by atoms with Gasteiger partial charge in [-0.1, -0.05) is 13.8 Å². The Morgan fingerprint density at radius 1 is 1.26 bits per heavy atom. The average Bonchev–Trinajstić information content (AvgIpc) is 2.42. The summed E-state index contributed by atoms with van der Waals surface area (Å²) in [6, 6.07) is 4.79. The third kappa shape index (κ3) is 5.13. The zero-order valence-electron chi connectivity index (χ0n) is 11.3. The molecule has 1 unspecified atom stereocenters. The predicted octanol–water partition coefficient (Wildman–Crippen LogP) is 2.60. The van der Waals surface area contributed by atoms with Gasteiger partial charge >= 0.3 is 0 Å². The standard InChI is InChI=1S/C13H21N3O3/c1-3-5-14-10-6-11(15-9-13(17)4-2)8-12(7-10)16(18)19/h6-8,13-15,17H,3-5,9H2,1-2H3. The molecule has 0 heterocycles. The second-order valence-corrected chi connectivity index (χ2v) is 4.40. The monoisotopic (exact) mass is 267 g/mol. The summed E-state index contributed by atoms with van der Waals surface area (Å²) >= 11 is 0. The van der Waals surface area contributed by atoms with Crippen LogP contribution in [0.15, 0.2) is 18.2 Å². The quantitative estimate of drug-likeness (QED) is 0.498. The van der Waals surface area contributed by atoms with Gasteiger partial charge < -0.3 is 15.7 Å². The van der Waals surface area contributed by atoms with Gasteiger partial charge in [0.15, 0.2) is 0 Å². The van der Waals surface area contributed by atoms with Gasteiger partial charge in [-0.05, 0) is 18.9 Å². The van der Waals surface area contributed by atoms with E-state index in [1.54, 1.807) is 0 Å². The molecule has 0 radical (unpaired) electrons. The summed E-state index contributed by atoms with van der Waals surface area (Å²) in [5.74, 6) is 0. The van der Waals surface area contributed by atoms with Crippen LogP contribution in [0, 0.1) is 10.1 Å². The Balaban J connectivity index is 2.83. The molecule has 0 aliphatic carbocycles. The van der Waals surface area contributed by atoms with Gasteiger partial charge in [-0.2, -0.15) is 0 Å². The lowest BCUT2D eigenvalue weighted by Gasteiger charge is -2.12. The lowest BCUT2D eigenvalue weighted by Crippen LogP contribution is -2.18. The van der Waals surface area contributed by atoms with E-state index < -0.39 is 11.0 Å². The smallest absolute Gasteiger partial charge is 0.273 e. The molecule has 6 nitrogen and oxygen atoms in total. The van der Waals surface area contributed by atoms with Crippen LogP contribution in [0.5, 0.6) is 0 Å². The SMILES string of the molecule is CCCNc1cc(NCC(O)CC)cc([N+](=O)[O-])c1. The Hall–Kier alpha value is -1.82. The largest absolute Gasteiger partial charge is 0.391 e. The minimum atomic E-state index is -0.452. The zero-order valence-corrected chi connectivity index (χ0v) is 11.3. The van der Waals surface area contributed by atoms with Gasteiger partial charge in [0, 0.05) is 36.6 Å². The van der Waals surface area contributed by atoms with Gasteiger partial charge in [0.05, 0.1) is 11.0 Å². The molecule has 0 saturated carbocycles. The Labute approximate surface area is 113 Å². The van der Waals surface area contributed by atoms with E-state index in [0.717, 1.165) is 13.0 Å². The van der Waals surface area contributed by atoms with Gasteiger partial charge in [-0.25, -0.2) is 0 Å². The molecule has 0 fully saturated rings. The number of benzene rings is 1. The van der Waals surface area contributed by atoms with Crippen LogP contribution in [0.25, 0.3) is 0 Å². The van der Waals surface area contributed by atoms with Crippen molar-refractivity contribution in [2.75, 3.05) is 23.7 Å². The van der Waals surface area contributed by atoms with Crippen molar-refractivity contribution in [3.05, 3.63) is 28.3 Å². The second-order valence-electron chi connectivity index (χ2n) is 4.40. The second kappa shape index (κ2) is 7.58. The van der Waals surface area contributed by atoms with E-state index in [1.807, 2.05) is 19.9 Å². The number of non-ortho nitro benzene ring substituents is 1. The van der Waals surface area contributed by atoms with E-state index in [-0.39, 0.29) is 5.69 Å². The van der Waals surface area contributed by atoms with Gasteiger partial charge in [0.2, 0.25) is 0 Å². The number of aliphatic hydroxyl groups is 1. The molecule has 3 N–H and O–H groups in total. The molecule has 1 aromatic rings. The van der Waals surface area contributed by atoms with Crippen LogP contribution < -0.4 is 10.6 Å². The fourth-order valence-corrected chi connectivity index (χ4v) is 1.57. The van der Waals surface area contributed by atoms with Crippen molar-refractivity contribution in [3.8, 4) is 0 Å². The van der Waals surface area contributed by atoms with Gasteiger partial charge in [0.1, 0.15) is 0 Å². The van der Waals surface area contributed by atoms with E-state index in [2.05, 4.69) is 10.6 Å². The van der Waals surface area contributed by atoms with Gasteiger partial charge in [-0.3, -0.25) is 10.1 Å². The molecule has 0 spiro atoms. The highest BCUT2D eigenvalue weighted by molar-refractivity contribution is 5.63. The lowest BCUT2D eigenvalue weighted by atomic mass is 10.2. The summed E-state index contributed by atoms with van der Waals surface area (Å²) < 4.78 is 0. The van der Waals surface area contributed by atoms with Crippen molar-refractivity contribution in [2.45, 2.75) is 32.8 Å². The highest BCUT2D eigenvalue weighted by atomic mass is 16.6. The van der Waals surface area contributed by atoms with Crippen LogP contribution in [0.3, 0.4) is 0 Å². The van der Waals surface area contributed by atoms with Crippen molar-refractivity contribution < 1.29 is 10.0 Å². The fourth-order valence-electron chi connectivity index (χ4n) is 1.57. The Kier molecular flexibility index (Phi) is 6.08. The van der Waals surface area contributed by atoms with E-state index in [0.29, 0.717) is 24.3 Å². The topological polar surface area (TPSA) is 87.4 Å². The molecule has 0 bridgehead atoms. The third-order valence-corrected chi connectivity index (χ3v) is 2.72. The molecule has 106 valence electrons. The predicted molar refractivity (Wildman–Crippen MR) is 76.7 cm³/mol. The minimum Gasteiger partial charge on any atom is -0.391 e. The van der Waals surface area contributed by atoms with E-state index >= 15 is 0 Å². The number of nitro benzene ring substituents is 1. The van der Waals surface area contributed by atoms with Crippen molar-refractivity contribution in [1.29, 1.82) is 0 Å². The Bertz CT molecular complexity index is 424. The molecule has 0 aliphatic heterocycles. The van der Waals surface area contributed by atoms with Gasteiger partial charge in [0.25, 0.3) is 5.69 Å². The molecule has 0 aromatic heterocycles. The number of anilines is 2. The molecule has 0 aliphatic rings. The summed E-state index contributed by atoms with van der Waals surface area (Å²) in [5.41, 5.74) is 1.39. The number of rotatable bonds is 8. The number of nitrogens with one attached hydrogen (secondary N) is 2. The van der Waals surface area contributed by atoms with E-state index in [1.165, 1.54) is 12.1 Å². The van der Waals surface area contributed by atoms with Crippen molar-refractivity contribution >= 4 is 17.1 Å². The summed E-state index contributed by atoms with van der Waals surface area (Å²) in [7, 11) is 0. The van der Waals surface area contributed by atoms with E-state index in [9.17, 15) is 15.2 Å². The Morgan fingerprint density at radius 2 is 1.89 bits per heavy atom. The molecule has 1 atom stereocenters. The number of hydrogen-bond acceptors (Lipinski definition) is 5. The molecule has 6 heteroatoms. The maximum atomic E-state index is 10.9. The van der Waals surface area contributed by atoms with E-state index in [4.69, 9.17) is 0 Å². The van der Waals surface area contributed by atoms with Gasteiger partial charge in [-0.15, -0.1) is 0 Å². The molecule has 19 heavy (non-hydrogen) atoms. The molecular formula is C13H21N3O3. The van der Waals surface area contributed by atoms with Crippen LogP contribution in [-0.2, 0) is 0 Å². The first-order valence-electron chi connectivity index (χ1n) is 6.52. The number of hydrogen-bond donors (Lipinski definition) is 3. The zero-order chi connectivity index (χ0) is 14.3. The highest BCUT2D eigenvalue weighted by Crippen LogP contribution is 2.24. The molecular weight excluding hydrogens is 246 g/mol. The molecule has 0 saturated heterocycles. The summed E-state index contributed by atoms with van der Waals surface area (Å²) in [5, 5.41) is 26.5. The van der Waals surface area contributed by atoms with Crippen LogP contribution in [0.4, 0.5) is 17.1 Å². The summed E-state index contributed by atoms with van der Waals surface area (Å²) in [4.78, 5) is 10.5. The minimum absolute atomic E-state index is 0.0367. The summed E-state index contributed by atoms with van der Waals surface area (Å²) in [6.07, 6.45) is 1.13. The average molecular weight is 267 g/mol. The molecule has 0 amide bonds. The highest BCUT2D eigenvalue weighted by Gasteiger charge is 2.10. The lowest BCUT2D eigenvalue weighted by molar-refractivity contribution is -0.384. The van der Waals surface area contributed by atoms with Crippen LogP contribution in [0.2, 0.25) is 0 Å². The fraction of sp³-hybridized carbons (Fsp3) is 0.538. The first-order valence-corrected chi connectivity index (χ1v) is 6.52. The van der Waals surface area contributed by atoms with Crippen molar-refractivity contribution in [1.82, 2.24) is 0 Å². The summed E-state index contributed by atoms with van der Waals surface area (Å²) in [6.45, 7) is 5.05. The van der Waals surface area contributed by atoms with Crippen LogP contribution in [-0.4, -0.2) is 29.2 Å². The van der Waals surface area contributed by atoms with Crippen molar-refractivity contribution in [2.24, 2.45) is 0 Å². The third-order valence-electron chi connectivity index (χ3n) is 2.72. The normalized spacial score (nSPS) is 11.9. The number of aliphatic hydroxyl groups excluding tert-OH is 1. The maximum Gasteiger partial charge on any atom is 0.273 e. The van der Waals surface area contributed by atoms with Crippen LogP contribution >= 0.6 is 0 Å². The molecule has 1 rings (SSSR count). The first-order chi connectivity index (χ1) is 9.06. The first kappa shape index (κ1) is 15.2. The van der Waals surface area contributed by atoms with Crippen LogP contribution in [0.1, 0.15) is 26.7 Å².